The van der Waals surface area contributed by atoms with Gasteiger partial charge in [0.25, 0.3) is 5.91 Å². The van der Waals surface area contributed by atoms with Crippen LogP contribution >= 0.6 is 0 Å². The average molecular weight is 391 g/mol. The zero-order chi connectivity index (χ0) is 20.6. The molecule has 6 heteroatoms. The van der Waals surface area contributed by atoms with E-state index in [0.29, 0.717) is 18.0 Å². The van der Waals surface area contributed by atoms with Gasteiger partial charge in [0.2, 0.25) is 0 Å². The number of para-hydroxylation sites is 1. The van der Waals surface area contributed by atoms with Crippen molar-refractivity contribution in [2.75, 3.05) is 12.1 Å². The molecule has 4 rings (SSSR count). The maximum absolute atomic E-state index is 13.1. The summed E-state index contributed by atoms with van der Waals surface area (Å²) in [4.78, 5) is 13.1. The average Bonchev–Trinajstić information content (AvgIpc) is 3.05. The molecule has 29 heavy (non-hydrogen) atoms. The van der Waals surface area contributed by atoms with E-state index < -0.39 is 0 Å². The fourth-order valence-corrected chi connectivity index (χ4v) is 3.52. The summed E-state index contributed by atoms with van der Waals surface area (Å²) in [6.45, 7) is 9.03. The number of hydrogen-bond acceptors (Lipinski definition) is 4. The van der Waals surface area contributed by atoms with Crippen molar-refractivity contribution in [3.8, 4) is 11.4 Å². The van der Waals surface area contributed by atoms with Gasteiger partial charge >= 0.3 is 0 Å². The summed E-state index contributed by atoms with van der Waals surface area (Å²) in [5.74, 6) is 1.24. The number of fused-ring (bicyclic) bond motifs is 1. The van der Waals surface area contributed by atoms with Crippen LogP contribution in [0.2, 0.25) is 0 Å². The van der Waals surface area contributed by atoms with Crippen LogP contribution in [0.25, 0.3) is 5.69 Å². The highest BCUT2D eigenvalue weighted by molar-refractivity contribution is 6.04. The van der Waals surface area contributed by atoms with E-state index >= 15 is 0 Å². The highest BCUT2D eigenvalue weighted by Gasteiger charge is 2.26. The lowest BCUT2D eigenvalue weighted by atomic mass is 9.90. The van der Waals surface area contributed by atoms with Crippen LogP contribution in [-0.2, 0) is 16.8 Å². The third-order valence-electron chi connectivity index (χ3n) is 4.94. The molecule has 0 atom stereocenters. The number of nitrogens with one attached hydrogen (secondary N) is 1. The molecule has 0 saturated heterocycles. The number of aromatic nitrogens is 2. The minimum absolute atomic E-state index is 0.149. The monoisotopic (exact) mass is 391 g/mol. The second-order valence-electron chi connectivity index (χ2n) is 8.21. The topological polar surface area (TPSA) is 65.4 Å². The molecule has 0 radical (unpaired) electrons. The molecular formula is C23H25N3O3. The van der Waals surface area contributed by atoms with Crippen molar-refractivity contribution >= 4 is 11.7 Å². The number of rotatable bonds is 3. The Morgan fingerprint density at radius 1 is 1.14 bits per heavy atom. The van der Waals surface area contributed by atoms with Crippen LogP contribution in [0.5, 0.6) is 5.75 Å². The highest BCUT2D eigenvalue weighted by Crippen LogP contribution is 2.32. The van der Waals surface area contributed by atoms with Gasteiger partial charge in [-0.05, 0) is 37.3 Å². The minimum atomic E-state index is -0.195. The van der Waals surface area contributed by atoms with Crippen LogP contribution in [0, 0.1) is 6.92 Å². The number of amides is 1. The first kappa shape index (κ1) is 19.2. The Hall–Kier alpha value is -3.12. The molecule has 0 saturated carbocycles. The molecule has 0 bridgehead atoms. The second-order valence-corrected chi connectivity index (χ2v) is 8.21. The van der Waals surface area contributed by atoms with Crippen molar-refractivity contribution in [1.82, 2.24) is 9.78 Å². The molecule has 0 aliphatic carbocycles. The normalized spacial score (nSPS) is 13.5. The fourth-order valence-electron chi connectivity index (χ4n) is 3.52. The number of benzene rings is 2. The summed E-state index contributed by atoms with van der Waals surface area (Å²) in [6, 6.07) is 15.2. The van der Waals surface area contributed by atoms with Crippen LogP contribution < -0.4 is 10.1 Å². The number of carbonyl (C=O) groups excluding carboxylic acids is 1. The van der Waals surface area contributed by atoms with Gasteiger partial charge in [0.1, 0.15) is 11.6 Å². The Balaban J connectivity index is 1.72. The van der Waals surface area contributed by atoms with Gasteiger partial charge in [0.05, 0.1) is 18.0 Å². The van der Waals surface area contributed by atoms with Crippen molar-refractivity contribution in [2.45, 2.75) is 39.7 Å². The van der Waals surface area contributed by atoms with Crippen LogP contribution in [0.3, 0.4) is 0 Å². The second kappa shape index (κ2) is 7.37. The first-order valence-electron chi connectivity index (χ1n) is 9.65. The van der Waals surface area contributed by atoms with Gasteiger partial charge in [-0.25, -0.2) is 4.68 Å². The van der Waals surface area contributed by atoms with Gasteiger partial charge in [0.15, 0.2) is 6.79 Å². The van der Waals surface area contributed by atoms with E-state index in [9.17, 15) is 4.79 Å². The van der Waals surface area contributed by atoms with Gasteiger partial charge in [-0.1, -0.05) is 39.0 Å². The van der Waals surface area contributed by atoms with Crippen LogP contribution in [0.4, 0.5) is 5.82 Å². The largest absolute Gasteiger partial charge is 0.467 e. The van der Waals surface area contributed by atoms with E-state index in [2.05, 4.69) is 26.1 Å². The van der Waals surface area contributed by atoms with Crippen LogP contribution in [0.15, 0.2) is 48.5 Å². The third-order valence-corrected chi connectivity index (χ3v) is 4.94. The zero-order valence-electron chi connectivity index (χ0n) is 17.2. The summed E-state index contributed by atoms with van der Waals surface area (Å²) in [6.07, 6.45) is 0. The first-order chi connectivity index (χ1) is 13.8. The van der Waals surface area contributed by atoms with Crippen LogP contribution in [0.1, 0.15) is 48.0 Å². The Kier molecular flexibility index (Phi) is 4.88. The van der Waals surface area contributed by atoms with E-state index in [0.717, 1.165) is 28.3 Å². The molecule has 3 aromatic rings. The molecule has 150 valence electrons. The summed E-state index contributed by atoms with van der Waals surface area (Å²) in [7, 11) is 0. The maximum Gasteiger partial charge on any atom is 0.256 e. The smallest absolute Gasteiger partial charge is 0.256 e. The standard InChI is InChI=1S/C23H25N3O3/c1-15-20(23(2,3)4)25-26(18-8-6-5-7-9-18)21(15)24-22(27)16-10-11-19-17(12-16)13-28-14-29-19/h5-12H,13-14H2,1-4H3,(H,24,27). The SMILES string of the molecule is Cc1c(C(C)(C)C)nn(-c2ccccc2)c1NC(=O)c1ccc2c(c1)COCO2. The highest BCUT2D eigenvalue weighted by atomic mass is 16.7. The Morgan fingerprint density at radius 3 is 2.62 bits per heavy atom. The quantitative estimate of drug-likeness (QED) is 0.709. The number of nitrogens with zero attached hydrogens (tertiary/aromatic N) is 2. The molecule has 1 aromatic heterocycles. The first-order valence-corrected chi connectivity index (χ1v) is 9.65. The van der Waals surface area contributed by atoms with E-state index in [-0.39, 0.29) is 18.1 Å². The number of hydrogen-bond donors (Lipinski definition) is 1. The molecule has 1 aliphatic heterocycles. The molecular weight excluding hydrogens is 366 g/mol. The van der Waals surface area contributed by atoms with Gasteiger partial charge in [-0.15, -0.1) is 0 Å². The van der Waals surface area contributed by atoms with Gasteiger partial charge in [0, 0.05) is 22.1 Å². The molecule has 1 aliphatic rings. The number of anilines is 1. The van der Waals surface area contributed by atoms with Crippen molar-refractivity contribution in [1.29, 1.82) is 0 Å². The van der Waals surface area contributed by atoms with Gasteiger partial charge in [-0.2, -0.15) is 5.10 Å². The lowest BCUT2D eigenvalue weighted by molar-refractivity contribution is -0.0163. The molecule has 0 fully saturated rings. The van der Waals surface area contributed by atoms with Crippen molar-refractivity contribution in [3.05, 3.63) is 70.9 Å². The number of ether oxygens (including phenoxy) is 2. The lowest BCUT2D eigenvalue weighted by Crippen LogP contribution is -2.17. The zero-order valence-corrected chi connectivity index (χ0v) is 17.2. The van der Waals surface area contributed by atoms with E-state index in [1.165, 1.54) is 0 Å². The summed E-state index contributed by atoms with van der Waals surface area (Å²) in [5, 5.41) is 7.90. The molecule has 0 spiro atoms. The van der Waals surface area contributed by atoms with Crippen molar-refractivity contribution in [2.24, 2.45) is 0 Å². The molecule has 1 amide bonds. The van der Waals surface area contributed by atoms with Gasteiger partial charge < -0.3 is 14.8 Å². The number of carbonyl (C=O) groups is 1. The lowest BCUT2D eigenvalue weighted by Gasteiger charge is -2.18. The van der Waals surface area contributed by atoms with Gasteiger partial charge in [-0.3, -0.25) is 4.79 Å². The van der Waals surface area contributed by atoms with Crippen molar-refractivity contribution < 1.29 is 14.3 Å². The predicted octanol–water partition coefficient (Wildman–Crippen LogP) is 4.60. The molecule has 1 N–H and O–H groups in total. The van der Waals surface area contributed by atoms with E-state index in [1.54, 1.807) is 10.7 Å². The Bertz CT molecular complexity index is 1050. The third kappa shape index (κ3) is 3.76. The summed E-state index contributed by atoms with van der Waals surface area (Å²) < 4.78 is 12.6. The molecule has 2 aromatic carbocycles. The summed E-state index contributed by atoms with van der Waals surface area (Å²) in [5.41, 5.74) is 4.07. The minimum Gasteiger partial charge on any atom is -0.467 e. The maximum atomic E-state index is 13.1. The molecule has 6 nitrogen and oxygen atoms in total. The summed E-state index contributed by atoms with van der Waals surface area (Å²) >= 11 is 0. The van der Waals surface area contributed by atoms with Crippen LogP contribution in [-0.4, -0.2) is 22.5 Å². The Labute approximate surface area is 170 Å². The molecule has 0 unspecified atom stereocenters. The fraction of sp³-hybridized carbons (Fsp3) is 0.304. The molecule has 2 heterocycles. The van der Waals surface area contributed by atoms with Crippen molar-refractivity contribution in [3.63, 3.8) is 0 Å². The van der Waals surface area contributed by atoms with E-state index in [1.807, 2.05) is 49.4 Å². The predicted molar refractivity (Wildman–Crippen MR) is 112 cm³/mol. The Morgan fingerprint density at radius 2 is 1.90 bits per heavy atom. The van der Waals surface area contributed by atoms with E-state index in [4.69, 9.17) is 14.6 Å².